The van der Waals surface area contributed by atoms with Crippen molar-refractivity contribution in [1.29, 1.82) is 0 Å². The maximum atomic E-state index is 12.4. The van der Waals surface area contributed by atoms with E-state index >= 15 is 0 Å². The Morgan fingerprint density at radius 3 is 2.58 bits per heavy atom. The molecule has 0 atom stereocenters. The van der Waals surface area contributed by atoms with Gasteiger partial charge in [0.2, 0.25) is 25.8 Å². The van der Waals surface area contributed by atoms with Crippen molar-refractivity contribution in [1.82, 2.24) is 20.2 Å². The highest BCUT2D eigenvalue weighted by molar-refractivity contribution is 7.93. The Kier molecular flexibility index (Phi) is 4.32. The average molecular weight is 362 g/mol. The number of Topliss-reactive ketones (excluding diaryl/α,β-unsaturated/α-hetero) is 2. The van der Waals surface area contributed by atoms with Gasteiger partial charge in [0.15, 0.2) is 0 Å². The normalized spacial score (nSPS) is 11.3. The van der Waals surface area contributed by atoms with Gasteiger partial charge in [-0.05, 0) is 12.1 Å². The number of hydrogen-bond donors (Lipinski definition) is 1. The van der Waals surface area contributed by atoms with Gasteiger partial charge in [-0.2, -0.15) is 0 Å². The quantitative estimate of drug-likeness (QED) is 0.514. The molecule has 8 nitrogen and oxygen atoms in total. The minimum Gasteiger partial charge on any atom is -0.290 e. The first-order valence-electron chi connectivity index (χ1n) is 6.66. The summed E-state index contributed by atoms with van der Waals surface area (Å²) in [7, 11) is -3.74. The molecule has 0 aliphatic rings. The molecule has 122 valence electrons. The third kappa shape index (κ3) is 3.14. The molecular weight excluding hydrogens is 352 g/mol. The number of sulfone groups is 1. The highest BCUT2D eigenvalue weighted by atomic mass is 32.2. The average Bonchev–Trinajstić information content (AvgIpc) is 3.27. The van der Waals surface area contributed by atoms with Crippen molar-refractivity contribution in [3.8, 4) is 0 Å². The number of rotatable bonds is 6. The maximum absolute atomic E-state index is 12.4. The molecule has 0 bridgehead atoms. The van der Waals surface area contributed by atoms with Crippen LogP contribution < -0.4 is 0 Å². The Bertz CT molecular complexity index is 979. The second-order valence-electron chi connectivity index (χ2n) is 4.67. The van der Waals surface area contributed by atoms with E-state index in [1.807, 2.05) is 0 Å². The minimum atomic E-state index is -3.74. The summed E-state index contributed by atoms with van der Waals surface area (Å²) < 4.78 is 24.7. The number of nitrogens with zero attached hydrogens (tertiary/aromatic N) is 3. The van der Waals surface area contributed by atoms with Crippen LogP contribution >= 0.6 is 11.3 Å². The number of thiazole rings is 1. The van der Waals surface area contributed by atoms with Gasteiger partial charge in [-0.25, -0.2) is 18.4 Å². The van der Waals surface area contributed by atoms with Crippen molar-refractivity contribution in [2.24, 2.45) is 0 Å². The monoisotopic (exact) mass is 362 g/mol. The first kappa shape index (κ1) is 16.1. The van der Waals surface area contributed by atoms with E-state index in [0.29, 0.717) is 0 Å². The summed E-state index contributed by atoms with van der Waals surface area (Å²) in [4.78, 5) is 31.4. The van der Waals surface area contributed by atoms with Crippen molar-refractivity contribution < 1.29 is 18.0 Å². The number of carbonyl (C=O) groups excluding carboxylic acids is 2. The molecule has 3 rings (SSSR count). The van der Waals surface area contributed by atoms with Gasteiger partial charge in [-0.15, -0.1) is 16.4 Å². The van der Waals surface area contributed by atoms with Gasteiger partial charge < -0.3 is 0 Å². The fraction of sp³-hybridized carbons (Fsp3) is 0.0714. The Morgan fingerprint density at radius 1 is 1.17 bits per heavy atom. The van der Waals surface area contributed by atoms with Gasteiger partial charge in [-0.1, -0.05) is 18.2 Å². The molecule has 0 saturated carbocycles. The lowest BCUT2D eigenvalue weighted by Gasteiger charge is -1.99. The summed E-state index contributed by atoms with van der Waals surface area (Å²) in [6.07, 6.45) is 0.877. The van der Waals surface area contributed by atoms with Crippen LogP contribution in [0.25, 0.3) is 0 Å². The number of benzene rings is 1. The van der Waals surface area contributed by atoms with Gasteiger partial charge in [0, 0.05) is 5.38 Å². The Hall–Kier alpha value is -2.72. The second-order valence-corrected chi connectivity index (χ2v) is 7.65. The van der Waals surface area contributed by atoms with E-state index in [1.165, 1.54) is 23.8 Å². The zero-order valence-corrected chi connectivity index (χ0v) is 13.7. The molecule has 24 heavy (non-hydrogen) atoms. The van der Waals surface area contributed by atoms with Crippen molar-refractivity contribution in [2.45, 2.75) is 15.7 Å². The number of nitrogens with one attached hydrogen (secondary N) is 1. The molecule has 0 saturated heterocycles. The molecule has 0 amide bonds. The Labute approximate surface area is 140 Å². The van der Waals surface area contributed by atoms with Crippen LogP contribution in [0.4, 0.5) is 0 Å². The van der Waals surface area contributed by atoms with E-state index in [1.54, 1.807) is 18.2 Å². The fourth-order valence-corrected chi connectivity index (χ4v) is 4.32. The molecule has 0 unspecified atom stereocenters. The zero-order valence-electron chi connectivity index (χ0n) is 12.0. The number of aromatic amines is 1. The Balaban J connectivity index is 1.79. The van der Waals surface area contributed by atoms with Crippen molar-refractivity contribution in [2.75, 3.05) is 0 Å². The summed E-state index contributed by atoms with van der Waals surface area (Å²) in [5.74, 6) is -1.84. The lowest BCUT2D eigenvalue weighted by Crippen LogP contribution is -2.18. The van der Waals surface area contributed by atoms with Crippen LogP contribution in [0.2, 0.25) is 0 Å². The lowest BCUT2D eigenvalue weighted by molar-refractivity contribution is -0.114. The second kappa shape index (κ2) is 6.42. The van der Waals surface area contributed by atoms with Crippen molar-refractivity contribution in [3.63, 3.8) is 0 Å². The predicted molar refractivity (Wildman–Crippen MR) is 83.4 cm³/mol. The molecule has 1 N–H and O–H groups in total. The maximum Gasteiger partial charge on any atom is 0.267 e. The summed E-state index contributed by atoms with van der Waals surface area (Å²) in [5, 5.41) is 7.33. The standard InChI is InChI=1S/C14H10N4O4S2/c19-11(12(20)13-15-8-16-18-13)6-9-7-23-14(17-9)24(21,22)10-4-2-1-3-5-10/h1-5,7-8H,6H2,(H,15,16,18). The zero-order chi connectivity index (χ0) is 17.2. The topological polar surface area (TPSA) is 123 Å². The van der Waals surface area contributed by atoms with Crippen molar-refractivity contribution in [3.05, 3.63) is 53.6 Å². The molecule has 0 spiro atoms. The van der Waals surface area contributed by atoms with E-state index in [-0.39, 0.29) is 27.2 Å². The molecule has 0 aliphatic carbocycles. The number of hydrogen-bond acceptors (Lipinski definition) is 8. The first-order chi connectivity index (χ1) is 11.5. The van der Waals surface area contributed by atoms with Crippen LogP contribution in [0.15, 0.2) is 51.3 Å². The molecular formula is C14H10N4O4S2. The summed E-state index contributed by atoms with van der Waals surface area (Å²) in [5.41, 5.74) is 0.211. The SMILES string of the molecule is O=C(Cc1csc(S(=O)(=O)c2ccccc2)n1)C(=O)c1nc[nH]n1. The van der Waals surface area contributed by atoms with E-state index in [4.69, 9.17) is 0 Å². The van der Waals surface area contributed by atoms with E-state index in [2.05, 4.69) is 20.2 Å². The third-order valence-corrected chi connectivity index (χ3v) is 6.10. The van der Waals surface area contributed by atoms with Crippen LogP contribution in [0.3, 0.4) is 0 Å². The van der Waals surface area contributed by atoms with Crippen molar-refractivity contribution >= 4 is 32.7 Å². The Morgan fingerprint density at radius 2 is 1.92 bits per heavy atom. The molecule has 1 aromatic carbocycles. The number of carbonyl (C=O) groups is 2. The van der Waals surface area contributed by atoms with Gasteiger partial charge in [-0.3, -0.25) is 14.7 Å². The van der Waals surface area contributed by atoms with Crippen LogP contribution in [0.1, 0.15) is 16.3 Å². The highest BCUT2D eigenvalue weighted by Gasteiger charge is 2.24. The van der Waals surface area contributed by atoms with Crippen LogP contribution in [-0.4, -0.2) is 40.1 Å². The highest BCUT2D eigenvalue weighted by Crippen LogP contribution is 2.24. The smallest absolute Gasteiger partial charge is 0.267 e. The van der Waals surface area contributed by atoms with Gasteiger partial charge in [0.25, 0.3) is 5.78 Å². The summed E-state index contributed by atoms with van der Waals surface area (Å²) in [6.45, 7) is 0. The number of ketones is 2. The minimum absolute atomic E-state index is 0.119. The van der Waals surface area contributed by atoms with Gasteiger partial charge in [0.1, 0.15) is 6.33 Å². The molecule has 0 radical (unpaired) electrons. The van der Waals surface area contributed by atoms with Crippen LogP contribution in [-0.2, 0) is 21.1 Å². The van der Waals surface area contributed by atoms with Crippen LogP contribution in [0.5, 0.6) is 0 Å². The summed E-state index contributed by atoms with van der Waals surface area (Å²) >= 11 is 0.902. The molecule has 2 heterocycles. The molecule has 0 aliphatic heterocycles. The number of aromatic nitrogens is 4. The van der Waals surface area contributed by atoms with E-state index in [9.17, 15) is 18.0 Å². The van der Waals surface area contributed by atoms with Gasteiger partial charge in [0.05, 0.1) is 17.0 Å². The first-order valence-corrected chi connectivity index (χ1v) is 9.02. The van der Waals surface area contributed by atoms with E-state index < -0.39 is 21.4 Å². The van der Waals surface area contributed by atoms with Gasteiger partial charge >= 0.3 is 0 Å². The fourth-order valence-electron chi connectivity index (χ4n) is 1.88. The largest absolute Gasteiger partial charge is 0.290 e. The molecule has 0 fully saturated rings. The number of H-pyrrole nitrogens is 1. The molecule has 10 heteroatoms. The lowest BCUT2D eigenvalue weighted by atomic mass is 10.1. The molecule has 3 aromatic rings. The third-order valence-electron chi connectivity index (χ3n) is 3.03. The summed E-state index contributed by atoms with van der Waals surface area (Å²) in [6, 6.07) is 7.86. The molecule has 2 aromatic heterocycles. The van der Waals surface area contributed by atoms with Crippen LogP contribution in [0, 0.1) is 0 Å². The predicted octanol–water partition coefficient (Wildman–Crippen LogP) is 1.09. The van der Waals surface area contributed by atoms with E-state index in [0.717, 1.165) is 11.3 Å².